The van der Waals surface area contributed by atoms with E-state index in [4.69, 9.17) is 4.74 Å². The number of amides is 1. The van der Waals surface area contributed by atoms with Crippen molar-refractivity contribution in [2.75, 3.05) is 7.11 Å². The van der Waals surface area contributed by atoms with Gasteiger partial charge < -0.3 is 10.1 Å². The Hall–Kier alpha value is -1.82. The summed E-state index contributed by atoms with van der Waals surface area (Å²) < 4.78 is 5.06. The fraction of sp³-hybridized carbons (Fsp3) is 0.250. The molecule has 1 aliphatic rings. The van der Waals surface area contributed by atoms with Crippen molar-refractivity contribution in [3.05, 3.63) is 29.8 Å². The Morgan fingerprint density at radius 3 is 2.67 bits per heavy atom. The van der Waals surface area contributed by atoms with Gasteiger partial charge in [-0.2, -0.15) is 5.10 Å². The number of nitrogens with zero attached hydrogens (tertiary/aromatic N) is 2. The standard InChI is InChI=1S/C12H13N3O2S/c1-8-11(16)14-12(18-8)15-13-7-9-3-5-10(17-2)6-4-9/h3-8H,1-2H3,(H,14,15,16)/b13-7+. The van der Waals surface area contributed by atoms with Gasteiger partial charge >= 0.3 is 0 Å². The highest BCUT2D eigenvalue weighted by Gasteiger charge is 2.25. The first-order valence-corrected chi connectivity index (χ1v) is 6.29. The van der Waals surface area contributed by atoms with Crippen molar-refractivity contribution in [2.24, 2.45) is 10.2 Å². The average Bonchev–Trinajstić information content (AvgIpc) is 2.69. The lowest BCUT2D eigenvalue weighted by molar-refractivity contribution is -0.118. The number of nitrogens with one attached hydrogen (secondary N) is 1. The first kappa shape index (κ1) is 12.6. The van der Waals surface area contributed by atoms with Crippen LogP contribution in [-0.2, 0) is 4.79 Å². The summed E-state index contributed by atoms with van der Waals surface area (Å²) in [5, 5.41) is 11.0. The van der Waals surface area contributed by atoms with Gasteiger partial charge in [0.1, 0.15) is 5.75 Å². The Morgan fingerprint density at radius 2 is 2.11 bits per heavy atom. The zero-order valence-electron chi connectivity index (χ0n) is 10.1. The van der Waals surface area contributed by atoms with Crippen LogP contribution < -0.4 is 10.1 Å². The molecule has 1 saturated heterocycles. The van der Waals surface area contributed by atoms with Crippen LogP contribution in [0.1, 0.15) is 12.5 Å². The molecule has 0 spiro atoms. The van der Waals surface area contributed by atoms with Gasteiger partial charge in [-0.3, -0.25) is 4.79 Å². The fourth-order valence-electron chi connectivity index (χ4n) is 1.34. The Kier molecular flexibility index (Phi) is 3.99. The highest BCUT2D eigenvalue weighted by molar-refractivity contribution is 8.15. The second kappa shape index (κ2) is 5.68. The predicted octanol–water partition coefficient (Wildman–Crippen LogP) is 1.64. The van der Waals surface area contributed by atoms with E-state index < -0.39 is 0 Å². The molecule has 1 fully saturated rings. The molecule has 1 unspecified atom stereocenters. The molecule has 0 aromatic heterocycles. The lowest BCUT2D eigenvalue weighted by atomic mass is 10.2. The maximum absolute atomic E-state index is 11.2. The van der Waals surface area contributed by atoms with Crippen LogP contribution in [0.15, 0.2) is 34.5 Å². The van der Waals surface area contributed by atoms with Gasteiger partial charge in [0.05, 0.1) is 18.6 Å². The third-order valence-corrected chi connectivity index (χ3v) is 3.33. The number of amidine groups is 1. The molecular formula is C12H13N3O2S. The summed E-state index contributed by atoms with van der Waals surface area (Å²) >= 11 is 1.37. The SMILES string of the molecule is COc1ccc(/C=N/N=C2\NC(=O)C(C)S2)cc1. The first-order chi connectivity index (χ1) is 8.69. The van der Waals surface area contributed by atoms with Crippen LogP contribution in [0.25, 0.3) is 0 Å². The Morgan fingerprint density at radius 1 is 1.39 bits per heavy atom. The van der Waals surface area contributed by atoms with Crippen LogP contribution in [0.4, 0.5) is 0 Å². The van der Waals surface area contributed by atoms with Gasteiger partial charge in [-0.1, -0.05) is 11.8 Å². The predicted molar refractivity (Wildman–Crippen MR) is 73.2 cm³/mol. The second-order valence-electron chi connectivity index (χ2n) is 3.67. The fourth-order valence-corrected chi connectivity index (χ4v) is 2.10. The van der Waals surface area contributed by atoms with Crippen molar-refractivity contribution in [1.82, 2.24) is 5.32 Å². The summed E-state index contributed by atoms with van der Waals surface area (Å²) in [6.07, 6.45) is 1.63. The molecule has 0 aliphatic carbocycles. The van der Waals surface area contributed by atoms with Gasteiger partial charge in [-0.15, -0.1) is 5.10 Å². The molecule has 1 aliphatic heterocycles. The number of carbonyl (C=O) groups excluding carboxylic acids is 1. The van der Waals surface area contributed by atoms with Crippen LogP contribution in [0.5, 0.6) is 5.75 Å². The van der Waals surface area contributed by atoms with E-state index in [2.05, 4.69) is 15.5 Å². The van der Waals surface area contributed by atoms with Crippen molar-refractivity contribution in [3.63, 3.8) is 0 Å². The molecule has 5 nitrogen and oxygen atoms in total. The Bertz CT molecular complexity index is 497. The molecule has 6 heteroatoms. The maximum atomic E-state index is 11.2. The lowest BCUT2D eigenvalue weighted by Crippen LogP contribution is -2.23. The number of methoxy groups -OCH3 is 1. The van der Waals surface area contributed by atoms with Crippen LogP contribution in [0, 0.1) is 0 Å². The number of benzene rings is 1. The third-order valence-electron chi connectivity index (χ3n) is 2.36. The lowest BCUT2D eigenvalue weighted by Gasteiger charge is -1.98. The highest BCUT2D eigenvalue weighted by atomic mass is 32.2. The van der Waals surface area contributed by atoms with E-state index in [0.29, 0.717) is 5.17 Å². The zero-order valence-corrected chi connectivity index (χ0v) is 10.9. The molecule has 1 amide bonds. The number of hydrogen-bond acceptors (Lipinski definition) is 5. The highest BCUT2D eigenvalue weighted by Crippen LogP contribution is 2.18. The quantitative estimate of drug-likeness (QED) is 0.666. The Labute approximate surface area is 109 Å². The minimum Gasteiger partial charge on any atom is -0.497 e. The van der Waals surface area contributed by atoms with E-state index in [-0.39, 0.29) is 11.2 Å². The van der Waals surface area contributed by atoms with Crippen molar-refractivity contribution in [1.29, 1.82) is 0 Å². The normalized spacial score (nSPS) is 21.6. The number of ether oxygens (including phenoxy) is 1. The molecule has 0 saturated carbocycles. The van der Waals surface area contributed by atoms with E-state index >= 15 is 0 Å². The van der Waals surface area contributed by atoms with Crippen LogP contribution >= 0.6 is 11.8 Å². The molecule has 1 N–H and O–H groups in total. The van der Waals surface area contributed by atoms with Gasteiger partial charge in [0, 0.05) is 0 Å². The molecule has 0 radical (unpaired) electrons. The molecule has 1 atom stereocenters. The number of rotatable bonds is 3. The summed E-state index contributed by atoms with van der Waals surface area (Å²) in [5.74, 6) is 0.768. The monoisotopic (exact) mass is 263 g/mol. The van der Waals surface area contributed by atoms with Crippen LogP contribution in [-0.4, -0.2) is 29.6 Å². The summed E-state index contributed by atoms with van der Waals surface area (Å²) in [4.78, 5) is 11.2. The van der Waals surface area contributed by atoms with Gasteiger partial charge in [-0.25, -0.2) is 0 Å². The topological polar surface area (TPSA) is 63.1 Å². The van der Waals surface area contributed by atoms with Crippen molar-refractivity contribution in [2.45, 2.75) is 12.2 Å². The maximum Gasteiger partial charge on any atom is 0.239 e. The smallest absolute Gasteiger partial charge is 0.239 e. The summed E-state index contributed by atoms with van der Waals surface area (Å²) in [6, 6.07) is 7.46. The van der Waals surface area contributed by atoms with E-state index in [1.54, 1.807) is 13.3 Å². The summed E-state index contributed by atoms with van der Waals surface area (Å²) in [7, 11) is 1.62. The number of hydrogen-bond donors (Lipinski definition) is 1. The molecule has 1 aromatic carbocycles. The Balaban J connectivity index is 1.99. The zero-order chi connectivity index (χ0) is 13.0. The first-order valence-electron chi connectivity index (χ1n) is 5.41. The van der Waals surface area contributed by atoms with E-state index in [1.165, 1.54) is 11.8 Å². The van der Waals surface area contributed by atoms with E-state index in [9.17, 15) is 4.79 Å². The molecule has 1 aromatic rings. The number of carbonyl (C=O) groups is 1. The van der Waals surface area contributed by atoms with E-state index in [0.717, 1.165) is 11.3 Å². The molecular weight excluding hydrogens is 250 g/mol. The number of thioether (sulfide) groups is 1. The van der Waals surface area contributed by atoms with Gasteiger partial charge in [-0.05, 0) is 36.8 Å². The molecule has 94 valence electrons. The summed E-state index contributed by atoms with van der Waals surface area (Å²) in [5.41, 5.74) is 0.919. The third kappa shape index (κ3) is 3.10. The van der Waals surface area contributed by atoms with E-state index in [1.807, 2.05) is 31.2 Å². The van der Waals surface area contributed by atoms with Crippen LogP contribution in [0.2, 0.25) is 0 Å². The molecule has 0 bridgehead atoms. The van der Waals surface area contributed by atoms with Crippen LogP contribution in [0.3, 0.4) is 0 Å². The van der Waals surface area contributed by atoms with Crippen molar-refractivity contribution >= 4 is 29.1 Å². The van der Waals surface area contributed by atoms with Gasteiger partial charge in [0.25, 0.3) is 0 Å². The van der Waals surface area contributed by atoms with Crippen molar-refractivity contribution in [3.8, 4) is 5.75 Å². The molecule has 1 heterocycles. The minimum atomic E-state index is -0.0973. The van der Waals surface area contributed by atoms with Gasteiger partial charge in [0.15, 0.2) is 5.17 Å². The summed E-state index contributed by atoms with van der Waals surface area (Å²) in [6.45, 7) is 1.83. The van der Waals surface area contributed by atoms with Gasteiger partial charge in [0.2, 0.25) is 5.91 Å². The minimum absolute atomic E-state index is 0.0293. The second-order valence-corrected chi connectivity index (χ2v) is 5.00. The molecule has 18 heavy (non-hydrogen) atoms. The van der Waals surface area contributed by atoms with Crippen molar-refractivity contribution < 1.29 is 9.53 Å². The largest absolute Gasteiger partial charge is 0.497 e. The molecule has 2 rings (SSSR count). The average molecular weight is 263 g/mol.